The zero-order valence-electron chi connectivity index (χ0n) is 36.6. The van der Waals surface area contributed by atoms with E-state index in [1.54, 1.807) is 30.5 Å². The highest BCUT2D eigenvalue weighted by atomic mass is 19.4. The highest BCUT2D eigenvalue weighted by Gasteiger charge is 2.56. The number of rotatable bonds is 15. The minimum atomic E-state index is -4.98. The maximum absolute atomic E-state index is 15.1. The van der Waals surface area contributed by atoms with E-state index in [0.717, 1.165) is 84.2 Å². The van der Waals surface area contributed by atoms with Crippen LogP contribution in [0.3, 0.4) is 0 Å². The largest absolute Gasteiger partial charge is 0.453 e. The van der Waals surface area contributed by atoms with Gasteiger partial charge >= 0.3 is 18.8 Å². The molecule has 2 aromatic carbocycles. The number of alkyl carbamates (subject to hydrolysis) is 1. The van der Waals surface area contributed by atoms with E-state index in [2.05, 4.69) is 49.0 Å². The number of hydrogen-bond donors (Lipinski definition) is 4. The fourth-order valence-corrected chi connectivity index (χ4v) is 8.76. The molecule has 4 N–H and O–H groups in total. The summed E-state index contributed by atoms with van der Waals surface area (Å²) in [6, 6.07) is 11.0. The second kappa shape index (κ2) is 19.6. The number of alkyl halides is 5. The Labute approximate surface area is 377 Å². The third kappa shape index (κ3) is 10.6. The van der Waals surface area contributed by atoms with Gasteiger partial charge in [-0.3, -0.25) is 9.69 Å². The fraction of sp³-hybridized carbons (Fsp3) is 0.478. The molecule has 0 aliphatic carbocycles. The van der Waals surface area contributed by atoms with Gasteiger partial charge in [0.05, 0.1) is 49.1 Å². The maximum atomic E-state index is 15.1. The van der Waals surface area contributed by atoms with Crippen LogP contribution in [0.5, 0.6) is 0 Å². The summed E-state index contributed by atoms with van der Waals surface area (Å²) in [6.07, 6.45) is -3.02. The minimum Gasteiger partial charge on any atom is -0.453 e. The van der Waals surface area contributed by atoms with Crippen LogP contribution in [0, 0.1) is 28.9 Å². The number of aliphatic hydroxyl groups excluding tert-OH is 1. The zero-order chi connectivity index (χ0) is 47.6. The lowest BCUT2D eigenvalue weighted by molar-refractivity contribution is -0.220. The molecule has 5 atom stereocenters. The molecule has 3 fully saturated rings. The van der Waals surface area contributed by atoms with Crippen molar-refractivity contribution in [3.63, 3.8) is 0 Å². The number of benzene rings is 2. The van der Waals surface area contributed by atoms with Crippen LogP contribution in [0.4, 0.5) is 41.3 Å². The van der Waals surface area contributed by atoms with Gasteiger partial charge in [-0.1, -0.05) is 24.0 Å². The van der Waals surface area contributed by atoms with E-state index in [1.165, 1.54) is 6.07 Å². The lowest BCUT2D eigenvalue weighted by atomic mass is 9.82. The molecule has 5 heterocycles. The van der Waals surface area contributed by atoms with Gasteiger partial charge in [0.25, 0.3) is 0 Å². The summed E-state index contributed by atoms with van der Waals surface area (Å²) in [4.78, 5) is 35.5. The average molecular weight is 929 g/mol. The molecule has 3 aliphatic heterocycles. The van der Waals surface area contributed by atoms with Gasteiger partial charge < -0.3 is 35.4 Å². The molecule has 2 unspecified atom stereocenters. The summed E-state index contributed by atoms with van der Waals surface area (Å²) in [5, 5.41) is 22.1. The Bertz CT molecular complexity index is 2380. The number of methoxy groups -OCH3 is 1. The molecule has 7 rings (SSSR count). The van der Waals surface area contributed by atoms with Gasteiger partial charge in [0.15, 0.2) is 0 Å². The number of amides is 2. The lowest BCUT2D eigenvalue weighted by Crippen LogP contribution is -2.68. The summed E-state index contributed by atoms with van der Waals surface area (Å²) < 4.78 is 109. The number of nitrogens with zero attached hydrogens (tertiary/aromatic N) is 5. The Hall–Kier alpha value is -5.75. The second-order valence-electron chi connectivity index (χ2n) is 17.7. The van der Waals surface area contributed by atoms with Gasteiger partial charge in [-0.15, -0.1) is 0 Å². The summed E-state index contributed by atoms with van der Waals surface area (Å²) >= 11 is 0. The number of halogens is 7. The normalized spacial score (nSPS) is 19.6. The van der Waals surface area contributed by atoms with Crippen LogP contribution in [-0.4, -0.2) is 119 Å². The van der Waals surface area contributed by atoms with Crippen molar-refractivity contribution >= 4 is 17.8 Å². The van der Waals surface area contributed by atoms with Crippen LogP contribution in [0.25, 0.3) is 11.3 Å². The zero-order valence-corrected chi connectivity index (χ0v) is 36.6. The number of aliphatic hydroxyl groups is 1. The Morgan fingerprint density at radius 3 is 2.15 bits per heavy atom. The van der Waals surface area contributed by atoms with Gasteiger partial charge in [-0.2, -0.15) is 27.1 Å². The van der Waals surface area contributed by atoms with Gasteiger partial charge in [0.1, 0.15) is 23.5 Å². The van der Waals surface area contributed by atoms with Gasteiger partial charge in [-0.25, -0.2) is 23.2 Å². The first-order chi connectivity index (χ1) is 31.3. The number of piperazine rings is 1. The Kier molecular flexibility index (Phi) is 14.3. The SMILES string of the molecule is COC(=O)N[C@H](C(=O)N[C@@H](Cc1ccc(C#Cc2ccc(N3CC4CCC(C3)N4C3(C)COC3)nc2)cc1)[C@@H](O)CNCc1c(F)cc(-c2ccn(C(F)F)n2)cc1F)C(C)(C)C(F)(F)F. The van der Waals surface area contributed by atoms with Crippen molar-refractivity contribution in [1.82, 2.24) is 35.6 Å². The quantitative estimate of drug-likeness (QED) is 0.0834. The van der Waals surface area contributed by atoms with E-state index in [9.17, 15) is 36.6 Å². The first-order valence-electron chi connectivity index (χ1n) is 21.4. The third-order valence-electron chi connectivity index (χ3n) is 12.6. The fourth-order valence-electron chi connectivity index (χ4n) is 8.76. The molecule has 2 bridgehead atoms. The number of fused-ring (bicyclic) bond motifs is 2. The van der Waals surface area contributed by atoms with Crippen LogP contribution in [0.1, 0.15) is 62.4 Å². The molecule has 354 valence electrons. The molecule has 2 aromatic heterocycles. The van der Waals surface area contributed by atoms with E-state index in [-0.39, 0.29) is 23.2 Å². The van der Waals surface area contributed by atoms with Crippen molar-refractivity contribution in [1.29, 1.82) is 0 Å². The molecule has 20 heteroatoms. The Morgan fingerprint density at radius 2 is 1.61 bits per heavy atom. The Balaban J connectivity index is 1.03. The third-order valence-corrected chi connectivity index (χ3v) is 12.6. The number of pyridine rings is 1. The van der Waals surface area contributed by atoms with E-state index in [1.807, 2.05) is 17.4 Å². The first kappa shape index (κ1) is 48.2. The predicted octanol–water partition coefficient (Wildman–Crippen LogP) is 5.95. The molecule has 0 spiro atoms. The molecule has 4 aromatic rings. The van der Waals surface area contributed by atoms with Crippen LogP contribution in [0.2, 0.25) is 0 Å². The van der Waals surface area contributed by atoms with Crippen LogP contribution in [-0.2, 0) is 27.2 Å². The van der Waals surface area contributed by atoms with Crippen molar-refractivity contribution in [2.45, 2.75) is 95.1 Å². The topological polar surface area (TPSA) is 146 Å². The molecular formula is C46H51F7N8O5. The van der Waals surface area contributed by atoms with Crippen molar-refractivity contribution < 1.29 is 54.9 Å². The molecule has 0 radical (unpaired) electrons. The molecular weight excluding hydrogens is 878 g/mol. The number of hydrogen-bond acceptors (Lipinski definition) is 10. The van der Waals surface area contributed by atoms with E-state index in [4.69, 9.17) is 9.72 Å². The summed E-state index contributed by atoms with van der Waals surface area (Å²) in [5.74, 6) is 3.71. The smallest absolute Gasteiger partial charge is 0.407 e. The second-order valence-corrected chi connectivity index (χ2v) is 17.7. The number of carbonyl (C=O) groups excluding carboxylic acids is 2. The van der Waals surface area contributed by atoms with Crippen molar-refractivity contribution in [2.24, 2.45) is 5.41 Å². The molecule has 0 saturated carbocycles. The molecule has 3 aliphatic rings. The Morgan fingerprint density at radius 1 is 0.970 bits per heavy atom. The average Bonchev–Trinajstić information content (AvgIpc) is 3.87. The van der Waals surface area contributed by atoms with E-state index in [0.29, 0.717) is 33.5 Å². The number of ether oxygens (including phenoxy) is 2. The number of carbonyl (C=O) groups is 2. The summed E-state index contributed by atoms with van der Waals surface area (Å²) in [6.45, 7) is 3.16. The molecule has 2 amide bonds. The van der Waals surface area contributed by atoms with Crippen molar-refractivity contribution in [3.05, 3.63) is 101 Å². The number of anilines is 1. The van der Waals surface area contributed by atoms with Crippen LogP contribution < -0.4 is 20.9 Å². The van der Waals surface area contributed by atoms with Crippen molar-refractivity contribution in [3.8, 4) is 23.1 Å². The molecule has 13 nitrogen and oxygen atoms in total. The van der Waals surface area contributed by atoms with Crippen LogP contribution >= 0.6 is 0 Å². The number of aromatic nitrogens is 3. The predicted molar refractivity (Wildman–Crippen MR) is 228 cm³/mol. The monoisotopic (exact) mass is 928 g/mol. The molecule has 3 saturated heterocycles. The standard InChI is InChI=1S/C46H51F7N8O5/c1-44(2,46(51,52)53)40(57-43(64)65-4)41(63)56-37(38(62)22-54-21-33-34(47)18-30(19-35(33)48)36-15-16-60(58-36)42(49)50)17-28-8-5-27(6-9-28)7-10-29-11-14-39(55-20-29)59-23-31-12-13-32(24-59)61(31)45(3)25-66-26-45/h5-6,8-9,11,14-16,18-20,31-32,37-38,40,42,54,62H,12-13,17,21-26H2,1-4H3,(H,56,63)(H,57,64)/t31?,32?,37-,38-,40+/m0/s1. The summed E-state index contributed by atoms with van der Waals surface area (Å²) in [5.41, 5.74) is -1.55. The minimum absolute atomic E-state index is 0.0981. The van der Waals surface area contributed by atoms with E-state index >= 15 is 8.78 Å². The van der Waals surface area contributed by atoms with Crippen LogP contribution in [0.15, 0.2) is 67.0 Å². The number of nitrogens with one attached hydrogen (secondary N) is 3. The van der Waals surface area contributed by atoms with E-state index < -0.39 is 78.6 Å². The van der Waals surface area contributed by atoms with Gasteiger partial charge in [0.2, 0.25) is 5.91 Å². The highest BCUT2D eigenvalue weighted by Crippen LogP contribution is 2.42. The van der Waals surface area contributed by atoms with Crippen molar-refractivity contribution in [2.75, 3.05) is 44.9 Å². The first-order valence-corrected chi connectivity index (χ1v) is 21.4. The van der Waals surface area contributed by atoms with Gasteiger partial charge in [0, 0.05) is 72.9 Å². The molecule has 66 heavy (non-hydrogen) atoms. The van der Waals surface area contributed by atoms with Gasteiger partial charge in [-0.05, 0) is 88.1 Å². The lowest BCUT2D eigenvalue weighted by Gasteiger charge is -2.54. The highest BCUT2D eigenvalue weighted by molar-refractivity contribution is 5.87. The maximum Gasteiger partial charge on any atom is 0.407 e. The summed E-state index contributed by atoms with van der Waals surface area (Å²) in [7, 11) is 0.919.